The van der Waals surface area contributed by atoms with Crippen LogP contribution in [0.4, 0.5) is 0 Å². The van der Waals surface area contributed by atoms with Crippen LogP contribution in [0.25, 0.3) is 21.7 Å². The smallest absolute Gasteiger partial charge is 0.348 e. The summed E-state index contributed by atoms with van der Waals surface area (Å²) in [5.74, 6) is 0.466. The Morgan fingerprint density at radius 3 is 2.62 bits per heavy atom. The number of carbonyl (C=O) groups is 1. The Balaban J connectivity index is 1.60. The number of thiophene rings is 1. The number of rotatable bonds is 6. The van der Waals surface area contributed by atoms with Gasteiger partial charge in [-0.2, -0.15) is 0 Å². The van der Waals surface area contributed by atoms with E-state index in [-0.39, 0.29) is 17.4 Å². The van der Waals surface area contributed by atoms with Crippen LogP contribution in [0, 0.1) is 20.8 Å². The molecule has 4 rings (SSSR count). The molecule has 0 aliphatic heterocycles. The van der Waals surface area contributed by atoms with Gasteiger partial charge < -0.3 is 14.1 Å². The van der Waals surface area contributed by atoms with Gasteiger partial charge in [0, 0.05) is 5.56 Å². The summed E-state index contributed by atoms with van der Waals surface area (Å²) in [5, 5.41) is 8.82. The first kappa shape index (κ1) is 22.2. The van der Waals surface area contributed by atoms with E-state index in [0.29, 0.717) is 37.6 Å². The number of aromatic amines is 1. The second kappa shape index (κ2) is 8.87. The fraction of sp³-hybridized carbons (Fsp3) is 0.318. The van der Waals surface area contributed by atoms with E-state index in [0.717, 1.165) is 28.0 Å². The number of aromatic nitrogens is 4. The van der Waals surface area contributed by atoms with Crippen molar-refractivity contribution in [2.75, 3.05) is 6.61 Å². The molecule has 0 saturated heterocycles. The van der Waals surface area contributed by atoms with E-state index in [1.54, 1.807) is 13.8 Å². The van der Waals surface area contributed by atoms with Gasteiger partial charge in [-0.05, 0) is 52.3 Å². The molecule has 8 nitrogen and oxygen atoms in total. The highest BCUT2D eigenvalue weighted by Crippen LogP contribution is 2.35. The molecule has 0 aliphatic rings. The van der Waals surface area contributed by atoms with Crippen molar-refractivity contribution in [2.24, 2.45) is 0 Å². The molecule has 1 aromatic carbocycles. The van der Waals surface area contributed by atoms with E-state index in [9.17, 15) is 9.59 Å². The Bertz CT molecular complexity index is 1350. The fourth-order valence-electron chi connectivity index (χ4n) is 3.42. The maximum atomic E-state index is 12.7. The molecule has 0 fully saturated rings. The van der Waals surface area contributed by atoms with Crippen molar-refractivity contribution in [1.82, 2.24) is 20.2 Å². The molecule has 4 aromatic rings. The third kappa shape index (κ3) is 4.33. The molecule has 166 valence electrons. The number of hydrogen-bond acceptors (Lipinski definition) is 9. The topological polar surface area (TPSA) is 111 Å². The number of carbonyl (C=O) groups excluding carboxylic acids is 1. The first-order chi connectivity index (χ1) is 15.3. The quantitative estimate of drug-likeness (QED) is 0.310. The first-order valence-corrected chi connectivity index (χ1v) is 11.8. The summed E-state index contributed by atoms with van der Waals surface area (Å²) >= 11 is 2.47. The third-order valence-electron chi connectivity index (χ3n) is 4.82. The van der Waals surface area contributed by atoms with Crippen LogP contribution < -0.4 is 5.56 Å². The lowest BCUT2D eigenvalue weighted by molar-refractivity contribution is 0.0531. The minimum atomic E-state index is -0.443. The summed E-state index contributed by atoms with van der Waals surface area (Å²) in [6, 6.07) is 6.06. The van der Waals surface area contributed by atoms with Gasteiger partial charge in [0.05, 0.1) is 17.2 Å². The number of esters is 1. The number of benzene rings is 1. The van der Waals surface area contributed by atoms with Gasteiger partial charge in [0.15, 0.2) is 0 Å². The number of nitrogens with one attached hydrogen (secondary N) is 1. The number of ether oxygens (including phenoxy) is 1. The van der Waals surface area contributed by atoms with Crippen molar-refractivity contribution in [1.29, 1.82) is 0 Å². The number of thioether (sulfide) groups is 1. The number of H-pyrrole nitrogens is 1. The summed E-state index contributed by atoms with van der Waals surface area (Å²) in [7, 11) is 0. The monoisotopic (exact) mass is 470 g/mol. The molecule has 0 radical (unpaired) electrons. The lowest BCUT2D eigenvalue weighted by atomic mass is 10.1. The van der Waals surface area contributed by atoms with Crippen LogP contribution in [-0.2, 0) is 4.74 Å². The van der Waals surface area contributed by atoms with Gasteiger partial charge in [-0.15, -0.1) is 21.5 Å². The highest BCUT2D eigenvalue weighted by atomic mass is 32.2. The molecule has 0 bridgehead atoms. The zero-order valence-electron chi connectivity index (χ0n) is 18.3. The van der Waals surface area contributed by atoms with Crippen LogP contribution >= 0.6 is 23.1 Å². The second-order valence-corrected chi connectivity index (χ2v) is 9.71. The summed E-state index contributed by atoms with van der Waals surface area (Å²) in [6.07, 6.45) is 0. The second-order valence-electron chi connectivity index (χ2n) is 7.42. The average molecular weight is 471 g/mol. The predicted molar refractivity (Wildman–Crippen MR) is 124 cm³/mol. The Hall–Kier alpha value is -2.98. The maximum absolute atomic E-state index is 12.7. The van der Waals surface area contributed by atoms with Crippen LogP contribution in [-0.4, -0.2) is 32.7 Å². The molecule has 10 heteroatoms. The zero-order chi connectivity index (χ0) is 23.0. The maximum Gasteiger partial charge on any atom is 0.348 e. The molecule has 32 heavy (non-hydrogen) atoms. The van der Waals surface area contributed by atoms with Gasteiger partial charge in [-0.1, -0.05) is 29.0 Å². The van der Waals surface area contributed by atoms with Crippen LogP contribution in [0.1, 0.15) is 51.3 Å². The molecule has 0 spiro atoms. The average Bonchev–Trinajstić information content (AvgIpc) is 3.32. The highest BCUT2D eigenvalue weighted by Gasteiger charge is 2.22. The zero-order valence-corrected chi connectivity index (χ0v) is 19.9. The molecule has 0 saturated carbocycles. The van der Waals surface area contributed by atoms with Crippen molar-refractivity contribution < 1.29 is 13.9 Å². The van der Waals surface area contributed by atoms with Crippen LogP contribution in [0.15, 0.2) is 32.6 Å². The summed E-state index contributed by atoms with van der Waals surface area (Å²) in [5.41, 5.74) is 3.39. The molecule has 1 atom stereocenters. The molecule has 3 aromatic heterocycles. The van der Waals surface area contributed by atoms with E-state index >= 15 is 0 Å². The predicted octanol–water partition coefficient (Wildman–Crippen LogP) is 4.99. The minimum absolute atomic E-state index is 0.256. The van der Waals surface area contributed by atoms with Gasteiger partial charge in [0.1, 0.15) is 15.5 Å². The van der Waals surface area contributed by atoms with Crippen LogP contribution in [0.3, 0.4) is 0 Å². The van der Waals surface area contributed by atoms with Gasteiger partial charge in [-0.25, -0.2) is 9.78 Å². The normalized spacial score (nSPS) is 12.3. The van der Waals surface area contributed by atoms with Crippen LogP contribution in [0.5, 0.6) is 0 Å². The Morgan fingerprint density at radius 2 is 1.94 bits per heavy atom. The van der Waals surface area contributed by atoms with Gasteiger partial charge in [0.25, 0.3) is 10.8 Å². The van der Waals surface area contributed by atoms with Crippen molar-refractivity contribution in [3.05, 3.63) is 55.9 Å². The van der Waals surface area contributed by atoms with Crippen molar-refractivity contribution >= 4 is 39.3 Å². The SMILES string of the molecule is CCOC(=O)c1sc2nc(C(C)Sc3nnc(-c4cc(C)cc(C)c4)o3)[nH]c(=O)c2c1C. The fourth-order valence-corrected chi connectivity index (χ4v) is 5.25. The standard InChI is InChI=1S/C22H22N4O4S2/c1-6-29-21(28)16-12(4)15-18(27)23-17(24-20(15)32-16)13(5)31-22-26-25-19(30-22)14-8-10(2)7-11(3)9-14/h7-9,13H,6H2,1-5H3,(H,23,24,27). The minimum Gasteiger partial charge on any atom is -0.462 e. The summed E-state index contributed by atoms with van der Waals surface area (Å²) < 4.78 is 10.9. The lowest BCUT2D eigenvalue weighted by Crippen LogP contribution is -2.12. The Labute approximate surface area is 192 Å². The van der Waals surface area contributed by atoms with Crippen molar-refractivity contribution in [3.63, 3.8) is 0 Å². The molecule has 0 aliphatic carbocycles. The van der Waals surface area contributed by atoms with E-state index in [1.807, 2.05) is 32.9 Å². The van der Waals surface area contributed by atoms with E-state index in [2.05, 4.69) is 26.2 Å². The Morgan fingerprint density at radius 1 is 1.22 bits per heavy atom. The van der Waals surface area contributed by atoms with Gasteiger partial charge in [-0.3, -0.25) is 4.79 Å². The molecular weight excluding hydrogens is 448 g/mol. The Kier molecular flexibility index (Phi) is 6.16. The first-order valence-electron chi connectivity index (χ1n) is 10.1. The lowest BCUT2D eigenvalue weighted by Gasteiger charge is -2.07. The number of aryl methyl sites for hydroxylation is 3. The van der Waals surface area contributed by atoms with E-state index < -0.39 is 5.97 Å². The molecule has 0 amide bonds. The highest BCUT2D eigenvalue weighted by molar-refractivity contribution is 7.99. The van der Waals surface area contributed by atoms with Gasteiger partial charge >= 0.3 is 5.97 Å². The number of nitrogens with zero attached hydrogens (tertiary/aromatic N) is 3. The van der Waals surface area contributed by atoms with E-state index in [1.165, 1.54) is 11.8 Å². The third-order valence-corrected chi connectivity index (χ3v) is 6.93. The molecule has 1 unspecified atom stereocenters. The molecule has 1 N–H and O–H groups in total. The molecular formula is C22H22N4O4S2. The van der Waals surface area contributed by atoms with Crippen LogP contribution in [0.2, 0.25) is 0 Å². The van der Waals surface area contributed by atoms with E-state index in [4.69, 9.17) is 9.15 Å². The van der Waals surface area contributed by atoms with Gasteiger partial charge in [0.2, 0.25) is 5.89 Å². The van der Waals surface area contributed by atoms with Crippen molar-refractivity contribution in [3.8, 4) is 11.5 Å². The number of fused-ring (bicyclic) bond motifs is 1. The largest absolute Gasteiger partial charge is 0.462 e. The van der Waals surface area contributed by atoms with Crippen molar-refractivity contribution in [2.45, 2.75) is 45.1 Å². The summed E-state index contributed by atoms with van der Waals surface area (Å²) in [4.78, 5) is 33.2. The number of hydrogen-bond donors (Lipinski definition) is 1. The summed E-state index contributed by atoms with van der Waals surface area (Å²) in [6.45, 7) is 9.66. The molecule has 3 heterocycles.